The molecule has 0 aromatic heterocycles. The van der Waals surface area contributed by atoms with Crippen molar-refractivity contribution in [2.24, 2.45) is 0 Å². The predicted molar refractivity (Wildman–Crippen MR) is 141 cm³/mol. The normalized spacial score (nSPS) is 32.3. The van der Waals surface area contributed by atoms with Gasteiger partial charge in [-0.1, -0.05) is 0 Å². The molecule has 13 nitrogen and oxygen atoms in total. The van der Waals surface area contributed by atoms with Gasteiger partial charge in [0, 0.05) is 49.6 Å². The van der Waals surface area contributed by atoms with Crippen molar-refractivity contribution >= 4 is 17.3 Å². The summed E-state index contributed by atoms with van der Waals surface area (Å²) in [7, 11) is 5.26. The first kappa shape index (κ1) is 30.0. The molecule has 8 atom stereocenters. The smallest absolute Gasteiger partial charge is 0.201 e. The monoisotopic (exact) mass is 588 g/mol. The maximum atomic E-state index is 13.7. The van der Waals surface area contributed by atoms with Gasteiger partial charge in [0.15, 0.2) is 23.5 Å². The second-order valence-electron chi connectivity index (χ2n) is 10.6. The number of benzene rings is 2. The van der Waals surface area contributed by atoms with Gasteiger partial charge in [0.05, 0.1) is 24.3 Å². The molecule has 2 aromatic rings. The van der Waals surface area contributed by atoms with Crippen LogP contribution in [-0.2, 0) is 23.7 Å². The minimum atomic E-state index is -2.22. The number of hydrogen-bond acceptors (Lipinski definition) is 13. The van der Waals surface area contributed by atoms with Crippen LogP contribution in [0.1, 0.15) is 67.7 Å². The first-order valence-electron chi connectivity index (χ1n) is 13.1. The van der Waals surface area contributed by atoms with Gasteiger partial charge in [0.25, 0.3) is 0 Å². The Bertz CT molecular complexity index is 1460. The third kappa shape index (κ3) is 4.23. The zero-order valence-corrected chi connectivity index (χ0v) is 23.7. The van der Waals surface area contributed by atoms with Crippen LogP contribution in [0, 0.1) is 0 Å². The van der Waals surface area contributed by atoms with Gasteiger partial charge >= 0.3 is 0 Å². The number of aromatic hydroxyl groups is 2. The number of aliphatic hydroxyl groups excluding tert-OH is 1. The number of methoxy groups -OCH3 is 4. The molecule has 42 heavy (non-hydrogen) atoms. The van der Waals surface area contributed by atoms with Crippen LogP contribution in [0.4, 0.5) is 0 Å². The summed E-state index contributed by atoms with van der Waals surface area (Å²) in [6, 6.07) is 3.54. The fraction of sp³-hybridized carbons (Fsp3) is 0.483. The molecule has 0 saturated carbocycles. The topological polar surface area (TPSA) is 188 Å². The van der Waals surface area contributed by atoms with Crippen molar-refractivity contribution in [2.45, 2.75) is 62.4 Å². The van der Waals surface area contributed by atoms with Gasteiger partial charge in [0.2, 0.25) is 5.78 Å². The number of ketones is 3. The van der Waals surface area contributed by atoms with Crippen LogP contribution in [0.15, 0.2) is 18.2 Å². The number of aliphatic hydroxyl groups is 2. The molecule has 0 radical (unpaired) electrons. The van der Waals surface area contributed by atoms with E-state index in [4.69, 9.17) is 28.4 Å². The second-order valence-corrected chi connectivity index (χ2v) is 10.6. The lowest BCUT2D eigenvalue weighted by molar-refractivity contribution is -0.324. The fourth-order valence-corrected chi connectivity index (χ4v) is 6.07. The van der Waals surface area contributed by atoms with Crippen molar-refractivity contribution in [1.82, 2.24) is 0 Å². The first-order chi connectivity index (χ1) is 19.8. The van der Waals surface area contributed by atoms with Gasteiger partial charge < -0.3 is 48.8 Å². The Hall–Kier alpha value is -3.43. The molecule has 13 heteroatoms. The lowest BCUT2D eigenvalue weighted by Crippen LogP contribution is -2.61. The number of carbonyl (C=O) groups excluding carboxylic acids is 3. The van der Waals surface area contributed by atoms with E-state index in [0.717, 1.165) is 12.1 Å². The van der Waals surface area contributed by atoms with Crippen LogP contribution in [-0.4, -0.2) is 109 Å². The highest BCUT2D eigenvalue weighted by molar-refractivity contribution is 6.31. The van der Waals surface area contributed by atoms with E-state index in [1.54, 1.807) is 6.92 Å². The summed E-state index contributed by atoms with van der Waals surface area (Å²) in [5, 5.41) is 44.1. The summed E-state index contributed by atoms with van der Waals surface area (Å²) in [4.78, 5) is 40.9. The lowest BCUT2D eigenvalue weighted by Gasteiger charge is -2.47. The fourth-order valence-electron chi connectivity index (χ4n) is 6.07. The van der Waals surface area contributed by atoms with Gasteiger partial charge in [-0.25, -0.2) is 0 Å². The Morgan fingerprint density at radius 1 is 0.857 bits per heavy atom. The molecule has 0 spiro atoms. The van der Waals surface area contributed by atoms with Crippen LogP contribution in [0.3, 0.4) is 0 Å². The van der Waals surface area contributed by atoms with Crippen molar-refractivity contribution in [3.8, 4) is 17.2 Å². The average molecular weight is 589 g/mol. The summed E-state index contributed by atoms with van der Waals surface area (Å²) in [5.74, 6) is -3.72. The molecule has 4 N–H and O–H groups in total. The summed E-state index contributed by atoms with van der Waals surface area (Å²) in [6.45, 7) is 2.78. The van der Waals surface area contributed by atoms with Crippen LogP contribution in [0.2, 0.25) is 0 Å². The van der Waals surface area contributed by atoms with Crippen molar-refractivity contribution in [3.63, 3.8) is 0 Å². The minimum absolute atomic E-state index is 0.113. The molecule has 3 unspecified atom stereocenters. The Morgan fingerprint density at radius 2 is 1.50 bits per heavy atom. The van der Waals surface area contributed by atoms with E-state index >= 15 is 0 Å². The Balaban J connectivity index is 1.70. The third-order valence-electron chi connectivity index (χ3n) is 8.27. The molecular formula is C29H32O13. The highest BCUT2D eigenvalue weighted by Gasteiger charge is 2.56. The molecule has 3 aliphatic rings. The lowest BCUT2D eigenvalue weighted by atomic mass is 9.72. The number of rotatable bonds is 6. The van der Waals surface area contributed by atoms with E-state index in [1.165, 1.54) is 41.4 Å². The molecule has 2 aromatic carbocycles. The summed E-state index contributed by atoms with van der Waals surface area (Å²) < 4.78 is 33.7. The quantitative estimate of drug-likeness (QED) is 0.320. The van der Waals surface area contributed by atoms with Gasteiger partial charge in [-0.05, 0) is 26.0 Å². The molecule has 0 amide bonds. The summed E-state index contributed by atoms with van der Waals surface area (Å²) >= 11 is 0. The molecule has 2 aliphatic carbocycles. The van der Waals surface area contributed by atoms with E-state index < -0.39 is 82.9 Å². The average Bonchev–Trinajstić information content (AvgIpc) is 2.95. The summed E-state index contributed by atoms with van der Waals surface area (Å²) in [5.41, 5.74) is -4.05. The molecule has 5 rings (SSSR count). The zero-order valence-electron chi connectivity index (χ0n) is 23.7. The largest absolute Gasteiger partial charge is 0.507 e. The van der Waals surface area contributed by atoms with E-state index in [-0.39, 0.29) is 33.6 Å². The second kappa shape index (κ2) is 10.7. The number of carbonyl (C=O) groups is 3. The molecule has 226 valence electrons. The number of ether oxygens (including phenoxy) is 6. The molecule has 1 aliphatic heterocycles. The third-order valence-corrected chi connectivity index (χ3v) is 8.27. The van der Waals surface area contributed by atoms with Crippen LogP contribution in [0.5, 0.6) is 17.2 Å². The van der Waals surface area contributed by atoms with Crippen LogP contribution >= 0.6 is 0 Å². The van der Waals surface area contributed by atoms with Crippen LogP contribution in [0.25, 0.3) is 0 Å². The van der Waals surface area contributed by atoms with E-state index in [0.29, 0.717) is 0 Å². The van der Waals surface area contributed by atoms with Crippen molar-refractivity contribution < 1.29 is 63.2 Å². The maximum absolute atomic E-state index is 13.7. The zero-order chi connectivity index (χ0) is 30.8. The number of phenolic OH excluding ortho intramolecular Hbond substituents is 2. The van der Waals surface area contributed by atoms with Crippen molar-refractivity contribution in [2.75, 3.05) is 28.4 Å². The maximum Gasteiger partial charge on any atom is 0.201 e. The Morgan fingerprint density at radius 3 is 2.10 bits per heavy atom. The number of hydrogen-bond donors (Lipinski definition) is 4. The van der Waals surface area contributed by atoms with E-state index in [1.807, 2.05) is 0 Å². The molecule has 1 heterocycles. The van der Waals surface area contributed by atoms with Gasteiger partial charge in [0.1, 0.15) is 47.8 Å². The molecule has 1 fully saturated rings. The molecule has 0 bridgehead atoms. The Labute approximate surface area is 240 Å². The molecular weight excluding hydrogens is 556 g/mol. The van der Waals surface area contributed by atoms with Crippen LogP contribution < -0.4 is 4.74 Å². The van der Waals surface area contributed by atoms with Gasteiger partial charge in [-0.3, -0.25) is 14.4 Å². The molecule has 1 saturated heterocycles. The highest BCUT2D eigenvalue weighted by atomic mass is 16.7. The Kier molecular flexibility index (Phi) is 7.64. The van der Waals surface area contributed by atoms with Crippen molar-refractivity contribution in [3.05, 3.63) is 51.6 Å². The highest BCUT2D eigenvalue weighted by Crippen LogP contribution is 2.49. The predicted octanol–water partition coefficient (Wildman–Crippen LogP) is 1.04. The number of fused-ring (bicyclic) bond motifs is 3. The first-order valence-corrected chi connectivity index (χ1v) is 13.1. The van der Waals surface area contributed by atoms with E-state index in [9.17, 15) is 34.8 Å². The van der Waals surface area contributed by atoms with Gasteiger partial charge in [-0.2, -0.15) is 0 Å². The standard InChI is InChI=1S/C29H32O13/c1-10-19(31)24(38-4)25(39-5)28(41-10)42-23-18-14(26(35)29(2,36)27(23)40-6)9-13-17(22(18)34)21(33)16-12(20(13)32)7-11(37-3)8-15(16)30/h7-10,19,23-25,27-28,30-31,34,36H,1-6H3/t10-,19-,23?,24+,25+,27?,28-,29?/m0/s1. The summed E-state index contributed by atoms with van der Waals surface area (Å²) in [6.07, 6.45) is -7.97. The number of Topliss-reactive ketones (excluding diaryl/α,β-unsaturated/α-hetero) is 1. The minimum Gasteiger partial charge on any atom is -0.507 e. The SMILES string of the molecule is COc1cc(O)c2c(c1)C(=O)c1cc3c(c(O)c1C2=O)C(O[C@@H]1O[C@@H](C)[C@H](O)[C@@H](OC)[C@H]1OC)C(OC)C(C)(O)C3=O. The van der Waals surface area contributed by atoms with Crippen molar-refractivity contribution in [1.29, 1.82) is 0 Å². The van der Waals surface area contributed by atoms with E-state index in [2.05, 4.69) is 0 Å². The van der Waals surface area contributed by atoms with Gasteiger partial charge in [-0.15, -0.1) is 0 Å². The number of phenols is 2.